The number of benzene rings is 1. The minimum Gasteiger partial charge on any atom is -0.464 e. The van der Waals surface area contributed by atoms with Crippen LogP contribution < -0.4 is 0 Å². The maximum Gasteiger partial charge on any atom is 0.345 e. The van der Waals surface area contributed by atoms with Gasteiger partial charge in [-0.2, -0.15) is 10.1 Å². The molecule has 1 unspecified atom stereocenters. The zero-order valence-corrected chi connectivity index (χ0v) is 27.0. The molecule has 0 N–H and O–H groups in total. The summed E-state index contributed by atoms with van der Waals surface area (Å²) in [6, 6.07) is 9.14. The lowest BCUT2D eigenvalue weighted by molar-refractivity contribution is -0.190. The fourth-order valence-electron chi connectivity index (χ4n) is 5.24. The third kappa shape index (κ3) is 6.29. The third-order valence-corrected chi connectivity index (χ3v) is 8.19. The lowest BCUT2D eigenvalue weighted by Crippen LogP contribution is -2.54. The van der Waals surface area contributed by atoms with Gasteiger partial charge in [-0.05, 0) is 24.1 Å². The number of rotatable bonds is 11. The number of halogens is 2. The highest BCUT2D eigenvalue weighted by molar-refractivity contribution is 7.07. The van der Waals surface area contributed by atoms with E-state index in [4.69, 9.17) is 53.3 Å². The standard InChI is InChI=1S/C30H27Cl2N5O8S/c1-5-29(45-18(4)39)22(44-26(23(29)43-17(3)38)37-25-20(13-34-37)24(31)35-28(32)36-25)14-42-30(27(40)41-6-2,21-15-46-16-33-21)12-19-10-8-7-9-11-19/h1,7-11,13,15-16,22-23,26H,6,12,14H2,2-4H3/t22-,23+,26-,29-,30?/m1/s1. The number of thiazole rings is 1. The minimum absolute atomic E-state index is 0.00904. The second-order valence-electron chi connectivity index (χ2n) is 10.1. The Morgan fingerprint density at radius 3 is 2.57 bits per heavy atom. The molecular weight excluding hydrogens is 661 g/mol. The van der Waals surface area contributed by atoms with E-state index in [1.54, 1.807) is 17.8 Å². The van der Waals surface area contributed by atoms with E-state index in [2.05, 4.69) is 26.0 Å². The monoisotopic (exact) mass is 687 g/mol. The molecule has 16 heteroatoms. The molecule has 1 aliphatic rings. The second-order valence-corrected chi connectivity index (χ2v) is 11.5. The first-order chi connectivity index (χ1) is 22.0. The largest absolute Gasteiger partial charge is 0.464 e. The molecule has 0 radical (unpaired) electrons. The predicted octanol–water partition coefficient (Wildman–Crippen LogP) is 4.07. The lowest BCUT2D eigenvalue weighted by Gasteiger charge is -2.35. The molecule has 0 spiro atoms. The number of aromatic nitrogens is 5. The van der Waals surface area contributed by atoms with Gasteiger partial charge in [0, 0.05) is 25.6 Å². The van der Waals surface area contributed by atoms with Crippen LogP contribution in [0.3, 0.4) is 0 Å². The van der Waals surface area contributed by atoms with E-state index >= 15 is 0 Å². The van der Waals surface area contributed by atoms with Crippen LogP contribution in [0.4, 0.5) is 0 Å². The summed E-state index contributed by atoms with van der Waals surface area (Å²) in [6.45, 7) is 3.55. The van der Waals surface area contributed by atoms with Gasteiger partial charge in [-0.15, -0.1) is 17.8 Å². The Morgan fingerprint density at radius 2 is 1.93 bits per heavy atom. The maximum absolute atomic E-state index is 13.8. The van der Waals surface area contributed by atoms with Gasteiger partial charge in [0.2, 0.25) is 22.6 Å². The van der Waals surface area contributed by atoms with E-state index in [0.29, 0.717) is 5.39 Å². The molecule has 5 rings (SSSR count). The minimum atomic E-state index is -2.07. The van der Waals surface area contributed by atoms with E-state index in [9.17, 15) is 14.4 Å². The average Bonchev–Trinajstić information content (AvgIpc) is 3.75. The Hall–Kier alpha value is -4.13. The number of terminal acetylenes is 1. The summed E-state index contributed by atoms with van der Waals surface area (Å²) in [6.07, 6.45) is 3.29. The van der Waals surface area contributed by atoms with Crippen LogP contribution in [0, 0.1) is 12.3 Å². The molecule has 1 aliphatic heterocycles. The molecule has 3 aromatic heterocycles. The average molecular weight is 689 g/mol. The van der Waals surface area contributed by atoms with Crippen molar-refractivity contribution in [2.24, 2.45) is 0 Å². The van der Waals surface area contributed by atoms with Crippen molar-refractivity contribution < 1.29 is 38.1 Å². The van der Waals surface area contributed by atoms with Gasteiger partial charge in [0.05, 0.1) is 36.0 Å². The highest BCUT2D eigenvalue weighted by atomic mass is 35.5. The predicted molar refractivity (Wildman–Crippen MR) is 165 cm³/mol. The third-order valence-electron chi connectivity index (χ3n) is 7.14. The van der Waals surface area contributed by atoms with E-state index in [1.165, 1.54) is 22.2 Å². The normalized spacial score (nSPS) is 22.1. The van der Waals surface area contributed by atoms with Crippen LogP contribution in [-0.2, 0) is 50.1 Å². The topological polar surface area (TPSA) is 154 Å². The zero-order valence-electron chi connectivity index (χ0n) is 24.7. The zero-order chi connectivity index (χ0) is 33.1. The Labute approximate surface area is 277 Å². The lowest BCUT2D eigenvalue weighted by atomic mass is 9.90. The molecule has 0 bridgehead atoms. The highest BCUT2D eigenvalue weighted by Crippen LogP contribution is 2.44. The van der Waals surface area contributed by atoms with Crippen molar-refractivity contribution in [2.75, 3.05) is 13.2 Å². The van der Waals surface area contributed by atoms with Gasteiger partial charge in [-0.25, -0.2) is 19.4 Å². The molecule has 4 heterocycles. The molecule has 0 aliphatic carbocycles. The number of fused-ring (bicyclic) bond motifs is 1. The smallest absolute Gasteiger partial charge is 0.345 e. The molecule has 0 amide bonds. The van der Waals surface area contributed by atoms with Crippen molar-refractivity contribution in [3.05, 3.63) is 69.1 Å². The number of esters is 3. The van der Waals surface area contributed by atoms with Gasteiger partial charge in [-0.1, -0.05) is 47.9 Å². The van der Waals surface area contributed by atoms with Gasteiger partial charge < -0.3 is 23.7 Å². The van der Waals surface area contributed by atoms with Crippen molar-refractivity contribution in [3.8, 4) is 12.3 Å². The molecule has 1 fully saturated rings. The van der Waals surface area contributed by atoms with E-state index < -0.39 is 54.2 Å². The first kappa shape index (κ1) is 33.2. The number of ether oxygens (including phenoxy) is 5. The van der Waals surface area contributed by atoms with Crippen LogP contribution in [0.15, 0.2) is 47.4 Å². The van der Waals surface area contributed by atoms with E-state index in [1.807, 2.05) is 30.3 Å². The number of carbonyl (C=O) groups is 3. The molecule has 13 nitrogen and oxygen atoms in total. The summed E-state index contributed by atoms with van der Waals surface area (Å²) in [4.78, 5) is 51.3. The van der Waals surface area contributed by atoms with E-state index in [-0.39, 0.29) is 34.8 Å². The summed E-state index contributed by atoms with van der Waals surface area (Å²) in [7, 11) is 0. The molecule has 1 aromatic carbocycles. The van der Waals surface area contributed by atoms with Crippen LogP contribution in [0.25, 0.3) is 11.0 Å². The van der Waals surface area contributed by atoms with Crippen molar-refractivity contribution in [2.45, 2.75) is 56.8 Å². The molecule has 4 aromatic rings. The number of carbonyl (C=O) groups excluding carboxylic acids is 3. The second kappa shape index (κ2) is 13.7. The van der Waals surface area contributed by atoms with Crippen molar-refractivity contribution >= 4 is 63.5 Å². The summed E-state index contributed by atoms with van der Waals surface area (Å²) in [5, 5.41) is 6.13. The van der Waals surface area contributed by atoms with Crippen molar-refractivity contribution in [1.82, 2.24) is 24.7 Å². The molecule has 0 saturated carbocycles. The Bertz CT molecular complexity index is 1780. The molecule has 5 atom stereocenters. The molecule has 240 valence electrons. The SMILES string of the molecule is C#C[C@@]1(OC(C)=O)[C@@H](COC(Cc2ccccc2)(C(=O)OCC)c2cscn2)O[C@@H](n2ncc3c(Cl)nc(Cl)nc32)[C@@H]1OC(C)=O. The summed E-state index contributed by atoms with van der Waals surface area (Å²) < 4.78 is 31.0. The first-order valence-electron chi connectivity index (χ1n) is 13.8. The van der Waals surface area contributed by atoms with Gasteiger partial charge in [-0.3, -0.25) is 9.59 Å². The maximum atomic E-state index is 13.8. The summed E-state index contributed by atoms with van der Waals surface area (Å²) in [5.74, 6) is 0.192. The fraction of sp³-hybridized carbons (Fsp3) is 0.367. The van der Waals surface area contributed by atoms with Crippen LogP contribution in [-0.4, -0.2) is 73.7 Å². The molecule has 1 saturated heterocycles. The van der Waals surface area contributed by atoms with Crippen LogP contribution in [0.2, 0.25) is 10.4 Å². The van der Waals surface area contributed by atoms with Crippen LogP contribution >= 0.6 is 34.5 Å². The Balaban J connectivity index is 1.62. The Kier molecular flexibility index (Phi) is 9.90. The van der Waals surface area contributed by atoms with Crippen molar-refractivity contribution in [1.29, 1.82) is 0 Å². The highest BCUT2D eigenvalue weighted by Gasteiger charge is 2.63. The van der Waals surface area contributed by atoms with Crippen LogP contribution in [0.5, 0.6) is 0 Å². The van der Waals surface area contributed by atoms with Gasteiger partial charge in [0.1, 0.15) is 11.3 Å². The quantitative estimate of drug-likeness (QED) is 0.0734. The number of hydrogen-bond donors (Lipinski definition) is 0. The van der Waals surface area contributed by atoms with Crippen molar-refractivity contribution in [3.63, 3.8) is 0 Å². The van der Waals surface area contributed by atoms with Gasteiger partial charge >= 0.3 is 17.9 Å². The fourth-order valence-corrected chi connectivity index (χ4v) is 6.28. The number of nitrogens with zero attached hydrogens (tertiary/aromatic N) is 5. The van der Waals surface area contributed by atoms with Gasteiger partial charge in [0.25, 0.3) is 0 Å². The molecule has 46 heavy (non-hydrogen) atoms. The van der Waals surface area contributed by atoms with E-state index in [0.717, 1.165) is 19.4 Å². The molecular formula is C30H27Cl2N5O8S. The van der Waals surface area contributed by atoms with Crippen LogP contribution in [0.1, 0.15) is 38.3 Å². The Morgan fingerprint density at radius 1 is 1.17 bits per heavy atom. The first-order valence-corrected chi connectivity index (χ1v) is 15.5. The van der Waals surface area contributed by atoms with Gasteiger partial charge in [0.15, 0.2) is 11.9 Å². The number of hydrogen-bond acceptors (Lipinski definition) is 13. The summed E-state index contributed by atoms with van der Waals surface area (Å²) in [5.41, 5.74) is -1.15. The summed E-state index contributed by atoms with van der Waals surface area (Å²) >= 11 is 13.6.